The van der Waals surface area contributed by atoms with Crippen molar-refractivity contribution in [3.63, 3.8) is 0 Å². The maximum atomic E-state index is 13.5. The number of halogens is 3. The van der Waals surface area contributed by atoms with Crippen LogP contribution in [0.25, 0.3) is 0 Å². The summed E-state index contributed by atoms with van der Waals surface area (Å²) in [5.41, 5.74) is 0.482. The Morgan fingerprint density at radius 3 is 2.62 bits per heavy atom. The third kappa shape index (κ3) is 3.78. The first-order chi connectivity index (χ1) is 10.0. The first-order valence-electron chi connectivity index (χ1n) is 6.07. The van der Waals surface area contributed by atoms with Crippen molar-refractivity contribution in [2.45, 2.75) is 6.54 Å². The predicted octanol–water partition coefficient (Wildman–Crippen LogP) is 3.67. The molecule has 0 atom stereocenters. The van der Waals surface area contributed by atoms with E-state index in [0.717, 1.165) is 6.07 Å². The SMILES string of the molecule is COc1ccc(C(=O)NCc2cc(Br)ccc2F)cc1F. The quantitative estimate of drug-likeness (QED) is 0.908. The molecule has 110 valence electrons. The minimum absolute atomic E-state index is 0.0117. The molecule has 0 fully saturated rings. The maximum absolute atomic E-state index is 13.5. The normalized spacial score (nSPS) is 10.3. The standard InChI is InChI=1S/C15H12BrF2NO2/c1-21-14-5-2-9(7-13(14)18)15(20)19-8-10-6-11(16)3-4-12(10)17/h2-7H,8H2,1H3,(H,19,20). The summed E-state index contributed by atoms with van der Waals surface area (Å²) >= 11 is 3.23. The lowest BCUT2D eigenvalue weighted by molar-refractivity contribution is 0.0950. The Kier molecular flexibility index (Phi) is 4.90. The van der Waals surface area contributed by atoms with Crippen molar-refractivity contribution in [2.24, 2.45) is 0 Å². The number of nitrogens with one attached hydrogen (secondary N) is 1. The fourth-order valence-electron chi connectivity index (χ4n) is 1.76. The summed E-state index contributed by atoms with van der Waals surface area (Å²) in [6.45, 7) is 0.0117. The summed E-state index contributed by atoms with van der Waals surface area (Å²) in [5.74, 6) is -1.47. The van der Waals surface area contributed by atoms with Gasteiger partial charge < -0.3 is 10.1 Å². The van der Waals surface area contributed by atoms with E-state index in [1.165, 1.54) is 25.3 Å². The number of ether oxygens (including phenoxy) is 1. The Hall–Kier alpha value is -1.95. The molecule has 0 aliphatic rings. The van der Waals surface area contributed by atoms with Crippen LogP contribution in [0.15, 0.2) is 40.9 Å². The molecule has 0 heterocycles. The molecule has 21 heavy (non-hydrogen) atoms. The van der Waals surface area contributed by atoms with Gasteiger partial charge in [0.2, 0.25) is 0 Å². The fourth-order valence-corrected chi connectivity index (χ4v) is 2.17. The Labute approximate surface area is 129 Å². The van der Waals surface area contributed by atoms with Crippen molar-refractivity contribution in [1.29, 1.82) is 0 Å². The van der Waals surface area contributed by atoms with E-state index in [1.54, 1.807) is 12.1 Å². The first kappa shape index (κ1) is 15.4. The van der Waals surface area contributed by atoms with Crippen molar-refractivity contribution < 1.29 is 18.3 Å². The van der Waals surface area contributed by atoms with E-state index < -0.39 is 17.5 Å². The second kappa shape index (κ2) is 6.67. The highest BCUT2D eigenvalue weighted by molar-refractivity contribution is 9.10. The molecule has 0 saturated heterocycles. The summed E-state index contributed by atoms with van der Waals surface area (Å²) in [7, 11) is 1.34. The van der Waals surface area contributed by atoms with Gasteiger partial charge in [-0.2, -0.15) is 0 Å². The summed E-state index contributed by atoms with van der Waals surface area (Å²) in [5, 5.41) is 2.54. The zero-order valence-corrected chi connectivity index (χ0v) is 12.7. The van der Waals surface area contributed by atoms with Gasteiger partial charge in [-0.05, 0) is 36.4 Å². The van der Waals surface area contributed by atoms with Gasteiger partial charge in [0.15, 0.2) is 11.6 Å². The minimum atomic E-state index is -0.626. The van der Waals surface area contributed by atoms with E-state index in [9.17, 15) is 13.6 Å². The van der Waals surface area contributed by atoms with Crippen LogP contribution in [-0.4, -0.2) is 13.0 Å². The Morgan fingerprint density at radius 2 is 1.95 bits per heavy atom. The highest BCUT2D eigenvalue weighted by atomic mass is 79.9. The number of methoxy groups -OCH3 is 1. The van der Waals surface area contributed by atoms with Crippen LogP contribution < -0.4 is 10.1 Å². The van der Waals surface area contributed by atoms with Crippen molar-refractivity contribution in [3.05, 3.63) is 63.6 Å². The van der Waals surface area contributed by atoms with Gasteiger partial charge in [-0.15, -0.1) is 0 Å². The van der Waals surface area contributed by atoms with Gasteiger partial charge >= 0.3 is 0 Å². The smallest absolute Gasteiger partial charge is 0.251 e. The Bertz CT molecular complexity index is 677. The molecule has 0 radical (unpaired) electrons. The van der Waals surface area contributed by atoms with Crippen molar-refractivity contribution in [1.82, 2.24) is 5.32 Å². The zero-order valence-electron chi connectivity index (χ0n) is 11.1. The molecule has 3 nitrogen and oxygen atoms in total. The average molecular weight is 356 g/mol. The van der Waals surface area contributed by atoms with E-state index in [-0.39, 0.29) is 17.9 Å². The molecule has 0 aliphatic heterocycles. The number of amides is 1. The Balaban J connectivity index is 2.08. The summed E-state index contributed by atoms with van der Waals surface area (Å²) in [6, 6.07) is 8.33. The molecule has 0 bridgehead atoms. The summed E-state index contributed by atoms with van der Waals surface area (Å²) in [4.78, 5) is 11.9. The Morgan fingerprint density at radius 1 is 1.19 bits per heavy atom. The van der Waals surface area contributed by atoms with Crippen LogP contribution in [0.4, 0.5) is 8.78 Å². The van der Waals surface area contributed by atoms with Crippen molar-refractivity contribution in [2.75, 3.05) is 7.11 Å². The van der Waals surface area contributed by atoms with Gasteiger partial charge in [0.05, 0.1) is 7.11 Å². The van der Waals surface area contributed by atoms with Crippen LogP contribution >= 0.6 is 15.9 Å². The van der Waals surface area contributed by atoms with Crippen molar-refractivity contribution >= 4 is 21.8 Å². The largest absolute Gasteiger partial charge is 0.494 e. The molecule has 1 amide bonds. The predicted molar refractivity (Wildman–Crippen MR) is 78.2 cm³/mol. The third-order valence-electron chi connectivity index (χ3n) is 2.86. The lowest BCUT2D eigenvalue weighted by Gasteiger charge is -2.08. The number of carbonyl (C=O) groups is 1. The van der Waals surface area contributed by atoms with Crippen LogP contribution in [0, 0.1) is 11.6 Å². The van der Waals surface area contributed by atoms with E-state index in [4.69, 9.17) is 4.74 Å². The molecule has 2 rings (SSSR count). The van der Waals surface area contributed by atoms with Crippen LogP contribution in [0.5, 0.6) is 5.75 Å². The van der Waals surface area contributed by atoms with Crippen LogP contribution in [0.1, 0.15) is 15.9 Å². The summed E-state index contributed by atoms with van der Waals surface area (Å²) in [6.07, 6.45) is 0. The fraction of sp³-hybridized carbons (Fsp3) is 0.133. The first-order valence-corrected chi connectivity index (χ1v) is 6.86. The molecule has 2 aromatic rings. The van der Waals surface area contributed by atoms with Gasteiger partial charge in [0.1, 0.15) is 5.82 Å². The molecule has 0 aliphatic carbocycles. The highest BCUT2D eigenvalue weighted by Gasteiger charge is 2.11. The monoisotopic (exact) mass is 355 g/mol. The molecule has 0 aromatic heterocycles. The van der Waals surface area contributed by atoms with Crippen LogP contribution in [0.3, 0.4) is 0 Å². The van der Waals surface area contributed by atoms with Crippen LogP contribution in [0.2, 0.25) is 0 Å². The lowest BCUT2D eigenvalue weighted by atomic mass is 10.1. The molecule has 1 N–H and O–H groups in total. The lowest BCUT2D eigenvalue weighted by Crippen LogP contribution is -2.23. The number of hydrogen-bond acceptors (Lipinski definition) is 2. The molecule has 0 unspecified atom stereocenters. The van der Waals surface area contributed by atoms with Gasteiger partial charge in [0, 0.05) is 22.1 Å². The van der Waals surface area contributed by atoms with Crippen molar-refractivity contribution in [3.8, 4) is 5.75 Å². The maximum Gasteiger partial charge on any atom is 0.251 e. The van der Waals surface area contributed by atoms with E-state index in [2.05, 4.69) is 21.2 Å². The average Bonchev–Trinajstić information content (AvgIpc) is 2.47. The summed E-state index contributed by atoms with van der Waals surface area (Å²) < 4.78 is 32.5. The molecular formula is C15H12BrF2NO2. The van der Waals surface area contributed by atoms with E-state index >= 15 is 0 Å². The second-order valence-corrected chi connectivity index (χ2v) is 5.18. The van der Waals surface area contributed by atoms with Gasteiger partial charge in [-0.25, -0.2) is 8.78 Å². The number of rotatable bonds is 4. The number of benzene rings is 2. The minimum Gasteiger partial charge on any atom is -0.494 e. The topological polar surface area (TPSA) is 38.3 Å². The zero-order chi connectivity index (χ0) is 15.4. The molecular weight excluding hydrogens is 344 g/mol. The van der Waals surface area contributed by atoms with Gasteiger partial charge in [-0.3, -0.25) is 4.79 Å². The molecule has 2 aromatic carbocycles. The van der Waals surface area contributed by atoms with Crippen LogP contribution in [-0.2, 0) is 6.54 Å². The molecule has 0 saturated carbocycles. The molecule has 6 heteroatoms. The van der Waals surface area contributed by atoms with E-state index in [1.807, 2.05) is 0 Å². The highest BCUT2D eigenvalue weighted by Crippen LogP contribution is 2.18. The third-order valence-corrected chi connectivity index (χ3v) is 3.35. The molecule has 0 spiro atoms. The van der Waals surface area contributed by atoms with Gasteiger partial charge in [0.25, 0.3) is 5.91 Å². The number of hydrogen-bond donors (Lipinski definition) is 1. The van der Waals surface area contributed by atoms with E-state index in [0.29, 0.717) is 10.0 Å². The number of carbonyl (C=O) groups excluding carboxylic acids is 1. The second-order valence-electron chi connectivity index (χ2n) is 4.27. The van der Waals surface area contributed by atoms with Gasteiger partial charge in [-0.1, -0.05) is 15.9 Å².